The monoisotopic (exact) mass is 391 g/mol. The van der Waals surface area contributed by atoms with Gasteiger partial charge >= 0.3 is 0 Å². The lowest BCUT2D eigenvalue weighted by atomic mass is 10.2. The van der Waals surface area contributed by atoms with Crippen LogP contribution in [-0.2, 0) is 16.4 Å². The van der Waals surface area contributed by atoms with Crippen LogP contribution < -0.4 is 0 Å². The van der Waals surface area contributed by atoms with Crippen molar-refractivity contribution in [2.75, 3.05) is 5.75 Å². The van der Waals surface area contributed by atoms with E-state index in [9.17, 15) is 21.6 Å². The van der Waals surface area contributed by atoms with E-state index >= 15 is 0 Å². The van der Waals surface area contributed by atoms with E-state index in [1.54, 1.807) is 0 Å². The molecule has 25 heavy (non-hydrogen) atoms. The summed E-state index contributed by atoms with van der Waals surface area (Å²) >= 11 is 5.05. The van der Waals surface area contributed by atoms with Crippen LogP contribution in [0.15, 0.2) is 35.6 Å². The number of hydrogen-bond donors (Lipinski definition) is 0. The van der Waals surface area contributed by atoms with E-state index in [0.717, 1.165) is 17.8 Å². The van der Waals surface area contributed by atoms with Crippen LogP contribution in [0, 0.1) is 4.64 Å². The Balaban J connectivity index is 2.49. The molecule has 0 radical (unpaired) electrons. The highest BCUT2D eigenvalue weighted by molar-refractivity contribution is 7.91. The molecular formula is C15H16F3N3O2S2. The minimum atomic E-state index is -3.59. The Morgan fingerprint density at radius 1 is 1.36 bits per heavy atom. The fourth-order valence-corrected chi connectivity index (χ4v) is 3.29. The van der Waals surface area contributed by atoms with Crippen LogP contribution in [-0.4, -0.2) is 40.8 Å². The summed E-state index contributed by atoms with van der Waals surface area (Å²) < 4.78 is 65.3. The predicted octanol–water partition coefficient (Wildman–Crippen LogP) is 3.46. The number of aromatic nitrogens is 3. The third-order valence-corrected chi connectivity index (χ3v) is 5.68. The Morgan fingerprint density at radius 3 is 2.60 bits per heavy atom. The van der Waals surface area contributed by atoms with Gasteiger partial charge in [0.05, 0.1) is 29.2 Å². The molecule has 2 aromatic heterocycles. The molecule has 0 bridgehead atoms. The van der Waals surface area contributed by atoms with Crippen molar-refractivity contribution in [1.82, 2.24) is 14.5 Å². The van der Waals surface area contributed by atoms with Gasteiger partial charge in [0.25, 0.3) is 5.92 Å². The van der Waals surface area contributed by atoms with Crippen LogP contribution in [0.1, 0.15) is 13.8 Å². The van der Waals surface area contributed by atoms with Crippen LogP contribution in [0.5, 0.6) is 0 Å². The number of hydrogen-bond acceptors (Lipinski definition) is 5. The van der Waals surface area contributed by atoms with Crippen molar-refractivity contribution in [1.29, 1.82) is 0 Å². The normalized spacial score (nSPS) is 13.6. The van der Waals surface area contributed by atoms with Crippen molar-refractivity contribution >= 4 is 22.1 Å². The van der Waals surface area contributed by atoms with Crippen molar-refractivity contribution in [2.24, 2.45) is 0 Å². The highest BCUT2D eigenvalue weighted by atomic mass is 32.2. The second kappa shape index (κ2) is 7.20. The lowest BCUT2D eigenvalue weighted by Crippen LogP contribution is -2.33. The summed E-state index contributed by atoms with van der Waals surface area (Å²) in [5.74, 6) is -3.72. The van der Waals surface area contributed by atoms with Gasteiger partial charge in [0, 0.05) is 12.3 Å². The first-order chi connectivity index (χ1) is 11.6. The van der Waals surface area contributed by atoms with Gasteiger partial charge in [-0.25, -0.2) is 26.6 Å². The predicted molar refractivity (Wildman–Crippen MR) is 89.5 cm³/mol. The standard InChI is InChI=1S/C15H16F3N3O2S2/c1-3-25(22,23)12-5-4-6-19-14(12)11-7-13(24)21(9-20-11)8-15(17,18)10(2)16/h4-7,9-10H,3,8H2,1-2H3. The van der Waals surface area contributed by atoms with E-state index in [1.165, 1.54) is 31.3 Å². The Bertz CT molecular complexity index is 928. The molecule has 0 aliphatic carbocycles. The maximum atomic E-state index is 13.5. The van der Waals surface area contributed by atoms with E-state index < -0.39 is 28.5 Å². The van der Waals surface area contributed by atoms with E-state index in [-0.39, 0.29) is 26.7 Å². The summed E-state index contributed by atoms with van der Waals surface area (Å²) in [4.78, 5) is 7.99. The van der Waals surface area contributed by atoms with Crippen molar-refractivity contribution < 1.29 is 21.6 Å². The quantitative estimate of drug-likeness (QED) is 0.706. The number of pyridine rings is 1. The molecule has 0 saturated carbocycles. The Labute approximate surface area is 148 Å². The van der Waals surface area contributed by atoms with Crippen LogP contribution in [0.4, 0.5) is 13.2 Å². The smallest absolute Gasteiger partial charge is 0.295 e. The van der Waals surface area contributed by atoms with Gasteiger partial charge in [-0.1, -0.05) is 19.1 Å². The molecule has 0 saturated heterocycles. The lowest BCUT2D eigenvalue weighted by molar-refractivity contribution is -0.0782. The van der Waals surface area contributed by atoms with Crippen molar-refractivity contribution in [3.8, 4) is 11.4 Å². The molecule has 5 nitrogen and oxygen atoms in total. The molecule has 0 aliphatic heterocycles. The second-order valence-corrected chi connectivity index (χ2v) is 8.04. The van der Waals surface area contributed by atoms with Gasteiger partial charge in [0.15, 0.2) is 16.0 Å². The summed E-state index contributed by atoms with van der Waals surface area (Å²) in [6.07, 6.45) is 0.0888. The first-order valence-electron chi connectivity index (χ1n) is 7.35. The highest BCUT2D eigenvalue weighted by Gasteiger charge is 2.37. The summed E-state index contributed by atoms with van der Waals surface area (Å²) in [5.41, 5.74) is 0.235. The van der Waals surface area contributed by atoms with Crippen LogP contribution >= 0.6 is 12.2 Å². The van der Waals surface area contributed by atoms with E-state index in [2.05, 4.69) is 9.97 Å². The van der Waals surface area contributed by atoms with Gasteiger partial charge < -0.3 is 4.57 Å². The molecule has 0 aliphatic rings. The molecule has 0 spiro atoms. The summed E-state index contributed by atoms with van der Waals surface area (Å²) in [7, 11) is -3.55. The largest absolute Gasteiger partial charge is 0.317 e. The lowest BCUT2D eigenvalue weighted by Gasteiger charge is -2.19. The summed E-state index contributed by atoms with van der Waals surface area (Å²) in [6, 6.07) is 4.14. The molecule has 136 valence electrons. The third kappa shape index (κ3) is 4.24. The van der Waals surface area contributed by atoms with Crippen molar-refractivity contribution in [3.63, 3.8) is 0 Å². The molecule has 0 N–H and O–H groups in total. The average Bonchev–Trinajstić information content (AvgIpc) is 2.56. The number of halogens is 3. The number of sulfone groups is 1. The van der Waals surface area contributed by atoms with E-state index in [1.807, 2.05) is 0 Å². The fraction of sp³-hybridized carbons (Fsp3) is 0.400. The SMILES string of the molecule is CCS(=O)(=O)c1cccnc1-c1cc(=S)n(CC(F)(F)C(C)F)cn1. The molecule has 1 atom stereocenters. The molecule has 2 rings (SSSR count). The van der Waals surface area contributed by atoms with Gasteiger partial charge in [0.2, 0.25) is 0 Å². The Kier molecular flexibility index (Phi) is 5.62. The van der Waals surface area contributed by atoms with Crippen molar-refractivity contribution in [3.05, 3.63) is 35.4 Å². The number of alkyl halides is 3. The van der Waals surface area contributed by atoms with Crippen LogP contribution in [0.25, 0.3) is 11.4 Å². The maximum absolute atomic E-state index is 13.5. The topological polar surface area (TPSA) is 64.8 Å². The van der Waals surface area contributed by atoms with Crippen molar-refractivity contribution in [2.45, 2.75) is 37.4 Å². The molecule has 2 aromatic rings. The third-order valence-electron chi connectivity index (χ3n) is 3.57. The Hall–Kier alpha value is -1.81. The zero-order chi connectivity index (χ0) is 18.8. The average molecular weight is 391 g/mol. The fourth-order valence-electron chi connectivity index (χ4n) is 2.02. The second-order valence-electron chi connectivity index (χ2n) is 5.37. The van der Waals surface area contributed by atoms with E-state index in [0.29, 0.717) is 0 Å². The van der Waals surface area contributed by atoms with E-state index in [4.69, 9.17) is 12.2 Å². The first-order valence-corrected chi connectivity index (χ1v) is 9.41. The van der Waals surface area contributed by atoms with Gasteiger partial charge in [-0.15, -0.1) is 0 Å². The molecule has 10 heteroatoms. The molecule has 0 fully saturated rings. The van der Waals surface area contributed by atoms with Crippen LogP contribution in [0.3, 0.4) is 0 Å². The molecular weight excluding hydrogens is 375 g/mol. The first kappa shape index (κ1) is 19.5. The summed E-state index contributed by atoms with van der Waals surface area (Å²) in [6.45, 7) is 1.30. The van der Waals surface area contributed by atoms with Gasteiger partial charge in [-0.05, 0) is 19.1 Å². The molecule has 1 unspecified atom stereocenters. The number of nitrogens with zero attached hydrogens (tertiary/aromatic N) is 3. The zero-order valence-electron chi connectivity index (χ0n) is 13.5. The molecule has 2 heterocycles. The Morgan fingerprint density at radius 2 is 2.04 bits per heavy atom. The zero-order valence-corrected chi connectivity index (χ0v) is 15.1. The molecule has 0 amide bonds. The van der Waals surface area contributed by atoms with Crippen LogP contribution in [0.2, 0.25) is 0 Å². The maximum Gasteiger partial charge on any atom is 0.295 e. The van der Waals surface area contributed by atoms with Gasteiger partial charge in [-0.2, -0.15) is 0 Å². The van der Waals surface area contributed by atoms with Gasteiger partial charge in [0.1, 0.15) is 10.3 Å². The highest BCUT2D eigenvalue weighted by Crippen LogP contribution is 2.26. The van der Waals surface area contributed by atoms with Gasteiger partial charge in [-0.3, -0.25) is 4.98 Å². The minimum Gasteiger partial charge on any atom is -0.317 e. The minimum absolute atomic E-state index is 0.0140. The summed E-state index contributed by atoms with van der Waals surface area (Å²) in [5, 5.41) is 0. The molecule has 0 aromatic carbocycles. The number of rotatable bonds is 6.